The molecule has 0 aliphatic rings. The largest absolute Gasteiger partial charge is 0.350 e. The zero-order valence-electron chi connectivity index (χ0n) is 12.8. The summed E-state index contributed by atoms with van der Waals surface area (Å²) < 4.78 is 1.71. The van der Waals surface area contributed by atoms with Crippen LogP contribution in [0, 0.1) is 0 Å². The highest BCUT2D eigenvalue weighted by molar-refractivity contribution is 7.08. The van der Waals surface area contributed by atoms with Crippen molar-refractivity contribution in [3.05, 3.63) is 64.6 Å². The summed E-state index contributed by atoms with van der Waals surface area (Å²) in [7, 11) is 0. The van der Waals surface area contributed by atoms with Crippen molar-refractivity contribution in [2.75, 3.05) is 0 Å². The number of hydrogen-bond acceptors (Lipinski definition) is 4. The van der Waals surface area contributed by atoms with Crippen LogP contribution in [0.25, 0.3) is 5.69 Å². The Morgan fingerprint density at radius 2 is 2.13 bits per heavy atom. The van der Waals surface area contributed by atoms with E-state index in [4.69, 9.17) is 0 Å². The summed E-state index contributed by atoms with van der Waals surface area (Å²) in [5.74, 6) is -0.119. The lowest BCUT2D eigenvalue weighted by Crippen LogP contribution is -2.28. The summed E-state index contributed by atoms with van der Waals surface area (Å²) in [4.78, 5) is 12.4. The number of thiophene rings is 1. The van der Waals surface area contributed by atoms with Gasteiger partial charge in [0.1, 0.15) is 5.69 Å². The lowest BCUT2D eigenvalue weighted by atomic mass is 9.96. The molecule has 3 aromatic rings. The van der Waals surface area contributed by atoms with E-state index in [2.05, 4.69) is 15.6 Å². The number of nitrogens with one attached hydrogen (secondary N) is 1. The van der Waals surface area contributed by atoms with Gasteiger partial charge >= 0.3 is 0 Å². The minimum atomic E-state index is -0.136. The van der Waals surface area contributed by atoms with Crippen molar-refractivity contribution in [3.8, 4) is 5.69 Å². The monoisotopic (exact) mass is 326 g/mol. The zero-order chi connectivity index (χ0) is 16.1. The third-order valence-electron chi connectivity index (χ3n) is 3.68. The van der Waals surface area contributed by atoms with E-state index < -0.39 is 0 Å². The first kappa shape index (κ1) is 15.4. The van der Waals surface area contributed by atoms with Crippen LogP contribution in [0.4, 0.5) is 0 Å². The lowest BCUT2D eigenvalue weighted by molar-refractivity contribution is -0.122. The first-order valence-electron chi connectivity index (χ1n) is 7.54. The van der Waals surface area contributed by atoms with E-state index in [1.54, 1.807) is 16.0 Å². The van der Waals surface area contributed by atoms with Crippen molar-refractivity contribution >= 4 is 17.2 Å². The normalized spacial score (nSPS) is 12.0. The highest BCUT2D eigenvalue weighted by Gasteiger charge is 2.18. The SMILES string of the molecule is CC[C@@H](C(=O)NCc1cn(-c2ccsc2)nn1)c1ccccc1. The number of aromatic nitrogens is 3. The van der Waals surface area contributed by atoms with Gasteiger partial charge in [-0.05, 0) is 23.4 Å². The fourth-order valence-corrected chi connectivity index (χ4v) is 3.07. The van der Waals surface area contributed by atoms with Crippen LogP contribution in [-0.4, -0.2) is 20.9 Å². The van der Waals surface area contributed by atoms with Crippen molar-refractivity contribution in [3.63, 3.8) is 0 Å². The highest BCUT2D eigenvalue weighted by atomic mass is 32.1. The van der Waals surface area contributed by atoms with Gasteiger partial charge in [-0.1, -0.05) is 42.5 Å². The van der Waals surface area contributed by atoms with Crippen LogP contribution < -0.4 is 5.32 Å². The molecule has 0 bridgehead atoms. The third-order valence-corrected chi connectivity index (χ3v) is 4.35. The number of hydrogen-bond donors (Lipinski definition) is 1. The topological polar surface area (TPSA) is 59.8 Å². The van der Waals surface area contributed by atoms with Gasteiger partial charge in [-0.15, -0.1) is 5.10 Å². The van der Waals surface area contributed by atoms with Gasteiger partial charge in [-0.2, -0.15) is 11.3 Å². The molecule has 0 fully saturated rings. The van der Waals surface area contributed by atoms with Crippen molar-refractivity contribution < 1.29 is 4.79 Å². The van der Waals surface area contributed by atoms with Gasteiger partial charge in [0, 0.05) is 5.38 Å². The molecule has 0 unspecified atom stereocenters. The van der Waals surface area contributed by atoms with E-state index in [9.17, 15) is 4.79 Å². The smallest absolute Gasteiger partial charge is 0.227 e. The minimum absolute atomic E-state index is 0.0174. The summed E-state index contributed by atoms with van der Waals surface area (Å²) in [5.41, 5.74) is 2.76. The van der Waals surface area contributed by atoms with Gasteiger partial charge in [-0.3, -0.25) is 4.79 Å². The predicted octanol–water partition coefficient (Wildman–Crippen LogP) is 3.14. The zero-order valence-corrected chi connectivity index (χ0v) is 13.7. The fourth-order valence-electron chi connectivity index (χ4n) is 2.45. The maximum absolute atomic E-state index is 12.4. The Morgan fingerprint density at radius 1 is 1.30 bits per heavy atom. The summed E-state index contributed by atoms with van der Waals surface area (Å²) >= 11 is 1.61. The average molecular weight is 326 g/mol. The van der Waals surface area contributed by atoms with Gasteiger partial charge < -0.3 is 5.32 Å². The molecule has 0 spiro atoms. The number of amides is 1. The van der Waals surface area contributed by atoms with Crippen LogP contribution in [0.5, 0.6) is 0 Å². The summed E-state index contributed by atoms with van der Waals surface area (Å²) in [5, 5.41) is 15.1. The third kappa shape index (κ3) is 3.65. The van der Waals surface area contributed by atoms with Crippen molar-refractivity contribution in [1.29, 1.82) is 0 Å². The summed E-state index contributed by atoms with van der Waals surface area (Å²) in [6.07, 6.45) is 2.60. The molecule has 1 N–H and O–H groups in total. The molecule has 23 heavy (non-hydrogen) atoms. The molecule has 0 aliphatic carbocycles. The lowest BCUT2D eigenvalue weighted by Gasteiger charge is -2.14. The fraction of sp³-hybridized carbons (Fsp3) is 0.235. The molecular weight excluding hydrogens is 308 g/mol. The molecule has 0 saturated carbocycles. The number of carbonyl (C=O) groups excluding carboxylic acids is 1. The van der Waals surface area contributed by atoms with E-state index in [0.29, 0.717) is 6.54 Å². The number of benzene rings is 1. The van der Waals surface area contributed by atoms with E-state index in [1.807, 2.05) is 60.3 Å². The Kier molecular flexibility index (Phi) is 4.83. The Balaban J connectivity index is 1.62. The molecule has 1 amide bonds. The maximum atomic E-state index is 12.4. The Morgan fingerprint density at radius 3 is 2.83 bits per heavy atom. The molecule has 1 aromatic carbocycles. The predicted molar refractivity (Wildman–Crippen MR) is 90.6 cm³/mol. The molecule has 0 saturated heterocycles. The molecule has 2 aromatic heterocycles. The van der Waals surface area contributed by atoms with E-state index in [0.717, 1.165) is 23.4 Å². The Bertz CT molecular complexity index is 752. The van der Waals surface area contributed by atoms with Gasteiger partial charge in [0.05, 0.1) is 24.3 Å². The van der Waals surface area contributed by atoms with E-state index in [-0.39, 0.29) is 11.8 Å². The molecule has 118 valence electrons. The molecule has 5 nitrogen and oxygen atoms in total. The van der Waals surface area contributed by atoms with Crippen molar-refractivity contribution in [1.82, 2.24) is 20.3 Å². The summed E-state index contributed by atoms with van der Waals surface area (Å²) in [6, 6.07) is 11.8. The number of nitrogens with zero attached hydrogens (tertiary/aromatic N) is 3. The van der Waals surface area contributed by atoms with Crippen molar-refractivity contribution in [2.24, 2.45) is 0 Å². The molecule has 2 heterocycles. The van der Waals surface area contributed by atoms with Crippen LogP contribution in [0.2, 0.25) is 0 Å². The van der Waals surface area contributed by atoms with Crippen LogP contribution in [0.1, 0.15) is 30.5 Å². The van der Waals surface area contributed by atoms with Crippen LogP contribution in [-0.2, 0) is 11.3 Å². The quantitative estimate of drug-likeness (QED) is 0.757. The second-order valence-electron chi connectivity index (χ2n) is 5.23. The molecule has 6 heteroatoms. The highest BCUT2D eigenvalue weighted by Crippen LogP contribution is 2.19. The van der Waals surface area contributed by atoms with E-state index in [1.165, 1.54) is 0 Å². The second kappa shape index (κ2) is 7.19. The summed E-state index contributed by atoms with van der Waals surface area (Å²) in [6.45, 7) is 2.40. The molecule has 0 aliphatic heterocycles. The first-order valence-corrected chi connectivity index (χ1v) is 8.48. The van der Waals surface area contributed by atoms with Crippen LogP contribution in [0.3, 0.4) is 0 Å². The van der Waals surface area contributed by atoms with Gasteiger partial charge in [0.25, 0.3) is 0 Å². The van der Waals surface area contributed by atoms with Gasteiger partial charge in [-0.25, -0.2) is 4.68 Å². The number of rotatable bonds is 6. The maximum Gasteiger partial charge on any atom is 0.227 e. The Hall–Kier alpha value is -2.47. The Labute approximate surface area is 139 Å². The van der Waals surface area contributed by atoms with Crippen LogP contribution in [0.15, 0.2) is 53.4 Å². The number of carbonyl (C=O) groups is 1. The van der Waals surface area contributed by atoms with E-state index >= 15 is 0 Å². The first-order chi connectivity index (χ1) is 11.3. The van der Waals surface area contributed by atoms with Gasteiger partial charge in [0.15, 0.2) is 0 Å². The standard InChI is InChI=1S/C17H18N4OS/c1-2-16(13-6-4-3-5-7-13)17(22)18-10-14-11-21(20-19-14)15-8-9-23-12-15/h3-9,11-12,16H,2,10H2,1H3,(H,18,22)/t16-/m1/s1. The molecular formula is C17H18N4OS. The second-order valence-corrected chi connectivity index (χ2v) is 6.01. The van der Waals surface area contributed by atoms with Crippen LogP contribution >= 0.6 is 11.3 Å². The average Bonchev–Trinajstić information content (AvgIpc) is 3.26. The molecule has 3 rings (SSSR count). The minimum Gasteiger partial charge on any atom is -0.350 e. The van der Waals surface area contributed by atoms with Crippen molar-refractivity contribution in [2.45, 2.75) is 25.8 Å². The molecule has 1 atom stereocenters. The van der Waals surface area contributed by atoms with Gasteiger partial charge in [0.2, 0.25) is 5.91 Å². The molecule has 0 radical (unpaired) electrons.